The third kappa shape index (κ3) is 4.18. The van der Waals surface area contributed by atoms with Gasteiger partial charge in [-0.15, -0.1) is 0 Å². The van der Waals surface area contributed by atoms with E-state index in [4.69, 9.17) is 4.74 Å². The number of anilines is 3. The molecule has 0 aliphatic carbocycles. The lowest BCUT2D eigenvalue weighted by Gasteiger charge is -2.30. The summed E-state index contributed by atoms with van der Waals surface area (Å²) in [6.45, 7) is 5.74. The molecule has 0 radical (unpaired) electrons. The lowest BCUT2D eigenvalue weighted by atomic mass is 10.1. The van der Waals surface area contributed by atoms with E-state index in [1.54, 1.807) is 42.5 Å². The normalized spacial score (nSPS) is 10.7. The zero-order valence-electron chi connectivity index (χ0n) is 18.2. The minimum absolute atomic E-state index is 0.135. The Morgan fingerprint density at radius 2 is 1.16 bits per heavy atom. The number of aryl methyl sites for hydroxylation is 3. The Balaban J connectivity index is 1.92. The highest BCUT2D eigenvalue weighted by molar-refractivity contribution is 5.84. The molecule has 32 heavy (non-hydrogen) atoms. The van der Waals surface area contributed by atoms with Gasteiger partial charge in [-0.3, -0.25) is 0 Å². The van der Waals surface area contributed by atoms with E-state index in [-0.39, 0.29) is 17.2 Å². The second-order valence-corrected chi connectivity index (χ2v) is 7.80. The van der Waals surface area contributed by atoms with E-state index in [9.17, 15) is 15.3 Å². The van der Waals surface area contributed by atoms with Gasteiger partial charge >= 0.3 is 0 Å². The van der Waals surface area contributed by atoms with Crippen LogP contribution in [0.25, 0.3) is 0 Å². The molecule has 0 fully saturated rings. The first kappa shape index (κ1) is 21.1. The number of aromatic hydroxyl groups is 3. The van der Waals surface area contributed by atoms with Crippen molar-refractivity contribution in [3.8, 4) is 28.7 Å². The van der Waals surface area contributed by atoms with Crippen LogP contribution in [-0.4, -0.2) is 15.3 Å². The van der Waals surface area contributed by atoms with Crippen LogP contribution in [0.1, 0.15) is 16.7 Å². The second-order valence-electron chi connectivity index (χ2n) is 7.80. The Labute approximate surface area is 187 Å². The molecular formula is C27H25NO4. The van der Waals surface area contributed by atoms with Crippen molar-refractivity contribution in [2.24, 2.45) is 0 Å². The number of hydrogen-bond acceptors (Lipinski definition) is 5. The third-order valence-corrected chi connectivity index (χ3v) is 5.38. The lowest BCUT2D eigenvalue weighted by molar-refractivity contribution is 0.452. The maximum atomic E-state index is 10.2. The van der Waals surface area contributed by atoms with Crippen LogP contribution in [0.15, 0.2) is 78.9 Å². The summed E-state index contributed by atoms with van der Waals surface area (Å²) in [7, 11) is 0. The fourth-order valence-electron chi connectivity index (χ4n) is 3.57. The summed E-state index contributed by atoms with van der Waals surface area (Å²) < 4.78 is 6.18. The zero-order valence-corrected chi connectivity index (χ0v) is 18.2. The minimum atomic E-state index is 0.135. The highest BCUT2D eigenvalue weighted by Gasteiger charge is 2.21. The summed E-state index contributed by atoms with van der Waals surface area (Å²) in [4.78, 5) is 1.95. The van der Waals surface area contributed by atoms with Crippen LogP contribution in [0, 0.1) is 20.8 Å². The standard InChI is InChI=1S/C27H25NO4/c1-17-8-11-20(29)14-24(17)28(25-15-21(30)12-9-18(25)2)23-6-4-5-7-27(23)32-22-13-10-19(3)26(31)16-22/h4-16,29-31H,1-3H3. The Hall–Kier alpha value is -4.12. The molecule has 0 bridgehead atoms. The van der Waals surface area contributed by atoms with Gasteiger partial charge in [0.1, 0.15) is 23.0 Å². The van der Waals surface area contributed by atoms with Crippen LogP contribution >= 0.6 is 0 Å². The maximum Gasteiger partial charge on any atom is 0.151 e. The van der Waals surface area contributed by atoms with Crippen LogP contribution in [0.4, 0.5) is 17.1 Å². The number of hydrogen-bond donors (Lipinski definition) is 3. The molecule has 4 rings (SSSR count). The minimum Gasteiger partial charge on any atom is -0.508 e. The summed E-state index contributed by atoms with van der Waals surface area (Å²) in [5, 5.41) is 30.6. The molecule has 5 nitrogen and oxygen atoms in total. The van der Waals surface area contributed by atoms with Crippen LogP contribution < -0.4 is 9.64 Å². The number of nitrogens with zero attached hydrogens (tertiary/aromatic N) is 1. The SMILES string of the molecule is Cc1ccc(Oc2ccccc2N(c2cc(O)ccc2C)c2cc(O)ccc2C)cc1O. The molecule has 0 aliphatic heterocycles. The average molecular weight is 428 g/mol. The van der Waals surface area contributed by atoms with Gasteiger partial charge in [-0.2, -0.15) is 0 Å². The maximum absolute atomic E-state index is 10.2. The molecule has 0 aromatic heterocycles. The van der Waals surface area contributed by atoms with E-state index >= 15 is 0 Å². The Morgan fingerprint density at radius 1 is 0.594 bits per heavy atom. The van der Waals surface area contributed by atoms with Gasteiger partial charge in [-0.25, -0.2) is 0 Å². The van der Waals surface area contributed by atoms with Crippen molar-refractivity contribution in [1.29, 1.82) is 0 Å². The van der Waals surface area contributed by atoms with Crippen LogP contribution in [0.5, 0.6) is 28.7 Å². The summed E-state index contributed by atoms with van der Waals surface area (Å²) in [6, 6.07) is 23.1. The predicted octanol–water partition coefficient (Wildman–Crippen LogP) is 6.99. The Bertz CT molecular complexity index is 1230. The number of ether oxygens (including phenoxy) is 1. The van der Waals surface area contributed by atoms with Gasteiger partial charge < -0.3 is 25.0 Å². The Morgan fingerprint density at radius 3 is 1.75 bits per heavy atom. The lowest BCUT2D eigenvalue weighted by Crippen LogP contribution is -2.13. The first-order valence-corrected chi connectivity index (χ1v) is 10.3. The van der Waals surface area contributed by atoms with E-state index in [0.29, 0.717) is 11.5 Å². The first-order valence-electron chi connectivity index (χ1n) is 10.3. The quantitative estimate of drug-likeness (QED) is 0.320. The molecule has 0 saturated heterocycles. The molecule has 0 unspecified atom stereocenters. The largest absolute Gasteiger partial charge is 0.508 e. The molecule has 0 atom stereocenters. The molecule has 0 amide bonds. The monoisotopic (exact) mass is 427 g/mol. The van der Waals surface area contributed by atoms with Crippen LogP contribution in [-0.2, 0) is 0 Å². The Kier molecular flexibility index (Phi) is 5.65. The second kappa shape index (κ2) is 8.55. The number of phenols is 3. The smallest absolute Gasteiger partial charge is 0.151 e. The summed E-state index contributed by atoms with van der Waals surface area (Å²) in [5.74, 6) is 1.48. The van der Waals surface area contributed by atoms with Crippen molar-refractivity contribution in [2.45, 2.75) is 20.8 Å². The van der Waals surface area contributed by atoms with E-state index < -0.39 is 0 Å². The van der Waals surface area contributed by atoms with Crippen molar-refractivity contribution in [2.75, 3.05) is 4.90 Å². The van der Waals surface area contributed by atoms with E-state index in [0.717, 1.165) is 33.8 Å². The topological polar surface area (TPSA) is 73.2 Å². The molecule has 4 aromatic carbocycles. The highest BCUT2D eigenvalue weighted by Crippen LogP contribution is 2.45. The van der Waals surface area contributed by atoms with Gasteiger partial charge in [0.05, 0.1) is 17.1 Å². The van der Waals surface area contributed by atoms with E-state index in [1.165, 1.54) is 0 Å². The van der Waals surface area contributed by atoms with Gasteiger partial charge in [0.15, 0.2) is 5.75 Å². The molecular weight excluding hydrogens is 402 g/mol. The van der Waals surface area contributed by atoms with Crippen molar-refractivity contribution in [3.63, 3.8) is 0 Å². The molecule has 4 aromatic rings. The average Bonchev–Trinajstić information content (AvgIpc) is 2.77. The fraction of sp³-hybridized carbons (Fsp3) is 0.111. The molecule has 0 heterocycles. The number of phenolic OH excluding ortho intramolecular Hbond substituents is 3. The summed E-state index contributed by atoms with van der Waals surface area (Å²) in [6.07, 6.45) is 0. The van der Waals surface area contributed by atoms with Gasteiger partial charge in [0.2, 0.25) is 0 Å². The van der Waals surface area contributed by atoms with Gasteiger partial charge in [-0.1, -0.05) is 30.3 Å². The van der Waals surface area contributed by atoms with Crippen molar-refractivity contribution >= 4 is 17.1 Å². The predicted molar refractivity (Wildman–Crippen MR) is 127 cm³/mol. The van der Waals surface area contributed by atoms with Gasteiger partial charge in [0, 0.05) is 18.2 Å². The molecule has 3 N–H and O–H groups in total. The molecule has 0 saturated carbocycles. The number of para-hydroxylation sites is 2. The summed E-state index contributed by atoms with van der Waals surface area (Å²) >= 11 is 0. The molecule has 162 valence electrons. The summed E-state index contributed by atoms with van der Waals surface area (Å²) in [5.41, 5.74) is 4.86. The number of benzene rings is 4. The van der Waals surface area contributed by atoms with E-state index in [2.05, 4.69) is 0 Å². The van der Waals surface area contributed by atoms with Crippen LogP contribution in [0.2, 0.25) is 0 Å². The van der Waals surface area contributed by atoms with Gasteiger partial charge in [-0.05, 0) is 67.8 Å². The molecule has 5 heteroatoms. The highest BCUT2D eigenvalue weighted by atomic mass is 16.5. The third-order valence-electron chi connectivity index (χ3n) is 5.38. The van der Waals surface area contributed by atoms with E-state index in [1.807, 2.05) is 62.1 Å². The first-order chi connectivity index (χ1) is 15.3. The van der Waals surface area contributed by atoms with Crippen LogP contribution in [0.3, 0.4) is 0 Å². The zero-order chi connectivity index (χ0) is 22.8. The molecule has 0 aliphatic rings. The fourth-order valence-corrected chi connectivity index (χ4v) is 3.57. The van der Waals surface area contributed by atoms with Gasteiger partial charge in [0.25, 0.3) is 0 Å². The molecule has 0 spiro atoms. The van der Waals surface area contributed by atoms with Crippen molar-refractivity contribution in [3.05, 3.63) is 95.6 Å². The van der Waals surface area contributed by atoms with Crippen molar-refractivity contribution in [1.82, 2.24) is 0 Å². The van der Waals surface area contributed by atoms with Crippen molar-refractivity contribution < 1.29 is 20.1 Å². The number of rotatable bonds is 5.